The molecule has 0 heterocycles. The summed E-state index contributed by atoms with van der Waals surface area (Å²) in [5.74, 6) is -0.774. The smallest absolute Gasteiger partial charge is 0.130 e. The molecule has 0 aromatic heterocycles. The number of benzene rings is 1. The molecule has 2 nitrogen and oxygen atoms in total. The Bertz CT molecular complexity index is 398. The summed E-state index contributed by atoms with van der Waals surface area (Å²) in [6, 6.07) is 3.33. The molecule has 0 saturated heterocycles. The van der Waals surface area contributed by atoms with Crippen LogP contribution in [0.2, 0.25) is 0 Å². The summed E-state index contributed by atoms with van der Waals surface area (Å²) in [4.78, 5) is 0. The van der Waals surface area contributed by atoms with Crippen LogP contribution in [0.3, 0.4) is 0 Å². The van der Waals surface area contributed by atoms with Gasteiger partial charge in [0.05, 0.1) is 5.60 Å². The number of nitrogens with one attached hydrogen (secondary N) is 1. The maximum Gasteiger partial charge on any atom is 0.130 e. The summed E-state index contributed by atoms with van der Waals surface area (Å²) in [6.45, 7) is 7.75. The van der Waals surface area contributed by atoms with Gasteiger partial charge in [-0.25, -0.2) is 8.78 Å². The van der Waals surface area contributed by atoms with Gasteiger partial charge in [-0.15, -0.1) is 0 Å². The molecule has 0 aliphatic heterocycles. The van der Waals surface area contributed by atoms with Crippen LogP contribution < -0.4 is 5.32 Å². The van der Waals surface area contributed by atoms with Crippen LogP contribution in [-0.4, -0.2) is 17.3 Å². The highest BCUT2D eigenvalue weighted by Crippen LogP contribution is 2.22. The Kier molecular flexibility index (Phi) is 5.44. The van der Waals surface area contributed by atoms with Gasteiger partial charge < -0.3 is 10.4 Å². The van der Waals surface area contributed by atoms with Gasteiger partial charge in [0.2, 0.25) is 0 Å². The minimum Gasteiger partial charge on any atom is -0.389 e. The second kappa shape index (κ2) is 6.44. The number of hydrogen-bond acceptors (Lipinski definition) is 2. The van der Waals surface area contributed by atoms with E-state index in [4.69, 9.17) is 0 Å². The van der Waals surface area contributed by atoms with Gasteiger partial charge in [-0.2, -0.15) is 0 Å². The van der Waals surface area contributed by atoms with Crippen molar-refractivity contribution in [2.75, 3.05) is 6.54 Å². The van der Waals surface area contributed by atoms with E-state index in [0.717, 1.165) is 0 Å². The number of halogens is 2. The highest BCUT2D eigenvalue weighted by Gasteiger charge is 2.24. The van der Waals surface area contributed by atoms with E-state index in [9.17, 15) is 13.9 Å². The summed E-state index contributed by atoms with van der Waals surface area (Å²) in [5, 5.41) is 13.2. The molecule has 19 heavy (non-hydrogen) atoms. The Hall–Kier alpha value is -1.00. The lowest BCUT2D eigenvalue weighted by molar-refractivity contribution is 0.0361. The Morgan fingerprint density at radius 1 is 1.21 bits per heavy atom. The zero-order valence-electron chi connectivity index (χ0n) is 12.0. The van der Waals surface area contributed by atoms with Gasteiger partial charge in [0.1, 0.15) is 11.6 Å². The number of aliphatic hydroxyl groups is 1. The molecule has 0 fully saturated rings. The fourth-order valence-corrected chi connectivity index (χ4v) is 2.35. The molecule has 1 aromatic rings. The van der Waals surface area contributed by atoms with Crippen LogP contribution in [0.4, 0.5) is 8.78 Å². The Morgan fingerprint density at radius 3 is 2.21 bits per heavy atom. The van der Waals surface area contributed by atoms with E-state index in [1.54, 1.807) is 13.8 Å². The molecule has 0 spiro atoms. The fraction of sp³-hybridized carbons (Fsp3) is 0.600. The molecule has 0 aliphatic rings. The van der Waals surface area contributed by atoms with Gasteiger partial charge in [-0.05, 0) is 38.3 Å². The van der Waals surface area contributed by atoms with Crippen LogP contribution in [0, 0.1) is 17.6 Å². The normalized spacial score (nSPS) is 16.4. The van der Waals surface area contributed by atoms with Gasteiger partial charge in [-0.1, -0.05) is 19.9 Å². The maximum atomic E-state index is 13.6. The monoisotopic (exact) mass is 271 g/mol. The van der Waals surface area contributed by atoms with Crippen LogP contribution in [-0.2, 0) is 0 Å². The summed E-state index contributed by atoms with van der Waals surface area (Å²) < 4.78 is 27.2. The quantitative estimate of drug-likeness (QED) is 0.831. The van der Waals surface area contributed by atoms with Crippen LogP contribution in [0.5, 0.6) is 0 Å². The van der Waals surface area contributed by atoms with Gasteiger partial charge in [0.25, 0.3) is 0 Å². The molecule has 0 radical (unpaired) electrons. The predicted molar refractivity (Wildman–Crippen MR) is 72.9 cm³/mol. The molecule has 0 aliphatic carbocycles. The highest BCUT2D eigenvalue weighted by atomic mass is 19.1. The van der Waals surface area contributed by atoms with Gasteiger partial charge >= 0.3 is 0 Å². The Balaban J connectivity index is 2.68. The van der Waals surface area contributed by atoms with Crippen LogP contribution in [0.25, 0.3) is 0 Å². The van der Waals surface area contributed by atoms with Crippen molar-refractivity contribution in [3.8, 4) is 0 Å². The van der Waals surface area contributed by atoms with Crippen LogP contribution in [0.15, 0.2) is 18.2 Å². The van der Waals surface area contributed by atoms with Gasteiger partial charge in [0, 0.05) is 18.2 Å². The molecular weight excluding hydrogens is 248 g/mol. The zero-order valence-corrected chi connectivity index (χ0v) is 12.0. The average molecular weight is 271 g/mol. The molecule has 2 unspecified atom stereocenters. The van der Waals surface area contributed by atoms with Gasteiger partial charge in [0.15, 0.2) is 0 Å². The zero-order chi connectivity index (χ0) is 14.6. The molecule has 2 atom stereocenters. The predicted octanol–water partition coefficient (Wildman–Crippen LogP) is 3.41. The topological polar surface area (TPSA) is 32.3 Å². The molecule has 108 valence electrons. The van der Waals surface area contributed by atoms with Crippen molar-refractivity contribution in [3.05, 3.63) is 35.4 Å². The second-order valence-corrected chi connectivity index (χ2v) is 5.83. The largest absolute Gasteiger partial charge is 0.389 e. The van der Waals surface area contributed by atoms with Crippen molar-refractivity contribution >= 4 is 0 Å². The molecule has 1 rings (SSSR count). The van der Waals surface area contributed by atoms with Crippen molar-refractivity contribution in [2.24, 2.45) is 5.92 Å². The molecular formula is C15H23F2NO. The molecule has 2 N–H and O–H groups in total. The molecule has 4 heteroatoms. The minimum absolute atomic E-state index is 0.0165. The van der Waals surface area contributed by atoms with E-state index in [0.29, 0.717) is 18.9 Å². The third kappa shape index (κ3) is 4.88. The van der Waals surface area contributed by atoms with Crippen LogP contribution in [0.1, 0.15) is 45.7 Å². The third-order valence-corrected chi connectivity index (χ3v) is 3.07. The lowest BCUT2D eigenvalue weighted by Crippen LogP contribution is -2.40. The summed E-state index contributed by atoms with van der Waals surface area (Å²) in [6.07, 6.45) is 0.631. The standard InChI is InChI=1S/C15H23F2NO/c1-10(2)8-15(4,19)9-18-11(3)14-12(16)6-5-7-13(14)17/h5-7,10-11,18-19H,8-9H2,1-4H3. The number of hydrogen-bond donors (Lipinski definition) is 2. The third-order valence-electron chi connectivity index (χ3n) is 3.07. The van der Waals surface area contributed by atoms with E-state index in [-0.39, 0.29) is 5.56 Å². The Labute approximate surface area is 113 Å². The molecule has 0 saturated carbocycles. The van der Waals surface area contributed by atoms with Crippen molar-refractivity contribution in [2.45, 2.75) is 45.8 Å². The first-order chi connectivity index (χ1) is 8.73. The lowest BCUT2D eigenvalue weighted by Gasteiger charge is -2.28. The van der Waals surface area contributed by atoms with E-state index in [1.807, 2.05) is 13.8 Å². The van der Waals surface area contributed by atoms with E-state index >= 15 is 0 Å². The van der Waals surface area contributed by atoms with E-state index in [2.05, 4.69) is 5.32 Å². The minimum atomic E-state index is -0.885. The first kappa shape index (κ1) is 16.1. The van der Waals surface area contributed by atoms with Crippen LogP contribution >= 0.6 is 0 Å². The Morgan fingerprint density at radius 2 is 1.74 bits per heavy atom. The fourth-order valence-electron chi connectivity index (χ4n) is 2.35. The summed E-state index contributed by atoms with van der Waals surface area (Å²) in [7, 11) is 0. The molecule has 1 aromatic carbocycles. The SMILES string of the molecule is CC(C)CC(C)(O)CNC(C)c1c(F)cccc1F. The molecule has 0 amide bonds. The first-order valence-corrected chi connectivity index (χ1v) is 6.62. The van der Waals surface area contributed by atoms with Crippen molar-refractivity contribution in [1.82, 2.24) is 5.32 Å². The molecule has 0 bridgehead atoms. The van der Waals surface area contributed by atoms with E-state index in [1.165, 1.54) is 18.2 Å². The number of rotatable bonds is 6. The second-order valence-electron chi connectivity index (χ2n) is 5.83. The first-order valence-electron chi connectivity index (χ1n) is 6.62. The van der Waals surface area contributed by atoms with Crippen molar-refractivity contribution < 1.29 is 13.9 Å². The van der Waals surface area contributed by atoms with Crippen molar-refractivity contribution in [3.63, 3.8) is 0 Å². The lowest BCUT2D eigenvalue weighted by atomic mass is 9.94. The van der Waals surface area contributed by atoms with Crippen molar-refractivity contribution in [1.29, 1.82) is 0 Å². The average Bonchev–Trinajstić information content (AvgIpc) is 2.24. The van der Waals surface area contributed by atoms with E-state index < -0.39 is 23.3 Å². The van der Waals surface area contributed by atoms with Gasteiger partial charge in [-0.3, -0.25) is 0 Å². The summed E-state index contributed by atoms with van der Waals surface area (Å²) in [5.41, 5.74) is -0.868. The highest BCUT2D eigenvalue weighted by molar-refractivity contribution is 5.22. The summed E-state index contributed by atoms with van der Waals surface area (Å²) >= 11 is 0. The maximum absolute atomic E-state index is 13.6.